The number of hydrogen-bond donors (Lipinski definition) is 0. The molecule has 0 aliphatic rings. The monoisotopic (exact) mass is 214 g/mol. The van der Waals surface area contributed by atoms with E-state index in [1.54, 1.807) is 0 Å². The van der Waals surface area contributed by atoms with Crippen LogP contribution in [0.2, 0.25) is 19.6 Å². The molecule has 0 saturated heterocycles. The van der Waals surface area contributed by atoms with Crippen LogP contribution in [0.1, 0.15) is 0 Å². The Morgan fingerprint density at radius 1 is 1.22 bits per heavy atom. The summed E-state index contributed by atoms with van der Waals surface area (Å²) in [5, 5.41) is 0. The van der Waals surface area contributed by atoms with Crippen LogP contribution in [0.5, 0.6) is 0 Å². The number of rotatable bonds is 0. The summed E-state index contributed by atoms with van der Waals surface area (Å²) in [4.78, 5) is 0. The second kappa shape index (κ2) is 7.01. The molecular formula is C6H11BrMgSi. The normalized spacial score (nSPS) is 7.44. The Balaban J connectivity index is -0.000000180. The summed E-state index contributed by atoms with van der Waals surface area (Å²) in [6.45, 7) is 10.0. The minimum Gasteiger partial charge on any atom is -1.00 e. The number of halogens is 1. The minimum absolute atomic E-state index is 0. The predicted molar refractivity (Wildman–Crippen MR) is 42.2 cm³/mol. The van der Waals surface area contributed by atoms with Crippen molar-refractivity contribution in [3.63, 3.8) is 0 Å². The maximum absolute atomic E-state index is 3.44. The second-order valence-electron chi connectivity index (χ2n) is 2.55. The molecule has 0 N–H and O–H groups in total. The van der Waals surface area contributed by atoms with Crippen molar-refractivity contribution < 1.29 is 17.0 Å². The van der Waals surface area contributed by atoms with Gasteiger partial charge in [-0.25, -0.2) is 0 Å². The van der Waals surface area contributed by atoms with Gasteiger partial charge in [-0.3, -0.25) is 5.92 Å². The van der Waals surface area contributed by atoms with Crippen LogP contribution in [0.3, 0.4) is 0 Å². The molecule has 0 radical (unpaired) electrons. The zero-order chi connectivity index (χ0) is 5.91. The van der Waals surface area contributed by atoms with Crippen molar-refractivity contribution in [1.29, 1.82) is 0 Å². The molecule has 0 heterocycles. The van der Waals surface area contributed by atoms with Crippen LogP contribution >= 0.6 is 0 Å². The zero-order valence-electron chi connectivity index (χ0n) is 6.29. The number of hydrogen-bond acceptors (Lipinski definition) is 0. The van der Waals surface area contributed by atoms with Gasteiger partial charge in [-0.15, -0.1) is 0 Å². The molecule has 0 atom stereocenters. The average molecular weight is 215 g/mol. The van der Waals surface area contributed by atoms with Crippen molar-refractivity contribution in [2.75, 3.05) is 0 Å². The molecule has 0 nitrogen and oxygen atoms in total. The van der Waals surface area contributed by atoms with Gasteiger partial charge < -0.3 is 22.5 Å². The van der Waals surface area contributed by atoms with Gasteiger partial charge in [-0.2, -0.15) is 6.92 Å². The summed E-state index contributed by atoms with van der Waals surface area (Å²) < 4.78 is 0. The average Bonchev–Trinajstić information content (AvgIpc) is 1.30. The van der Waals surface area contributed by atoms with Gasteiger partial charge in [0.15, 0.2) is 0 Å². The minimum atomic E-state index is -1.08. The molecule has 0 saturated carbocycles. The summed E-state index contributed by atoms with van der Waals surface area (Å²) in [6.07, 6.45) is 0. The molecule has 0 fully saturated rings. The van der Waals surface area contributed by atoms with Crippen molar-refractivity contribution in [3.8, 4) is 11.5 Å². The topological polar surface area (TPSA) is 0 Å². The first-order valence-corrected chi connectivity index (χ1v) is 5.85. The molecule has 48 valence electrons. The zero-order valence-corrected chi connectivity index (χ0v) is 10.3. The molecule has 0 bridgehead atoms. The largest absolute Gasteiger partial charge is 2.00 e. The SMILES string of the molecule is [Br-].[CH2-]C#C[Si](C)(C)C.[Mg+2]. The van der Waals surface area contributed by atoms with Gasteiger partial charge >= 0.3 is 23.1 Å². The third-order valence-electron chi connectivity index (χ3n) is 0.463. The predicted octanol–water partition coefficient (Wildman–Crippen LogP) is -1.68. The first-order valence-electron chi connectivity index (χ1n) is 2.35. The van der Waals surface area contributed by atoms with Gasteiger partial charge in [0.25, 0.3) is 0 Å². The van der Waals surface area contributed by atoms with E-state index in [0.717, 1.165) is 0 Å². The Hall–Kier alpha value is 0.893. The third kappa shape index (κ3) is 17.6. The van der Waals surface area contributed by atoms with Gasteiger partial charge in [0.1, 0.15) is 0 Å². The van der Waals surface area contributed by atoms with E-state index in [9.17, 15) is 0 Å². The molecule has 0 aliphatic heterocycles. The fraction of sp³-hybridized carbons (Fsp3) is 0.500. The van der Waals surface area contributed by atoms with E-state index in [0.29, 0.717) is 0 Å². The van der Waals surface area contributed by atoms with Crippen LogP contribution in [0.15, 0.2) is 0 Å². The smallest absolute Gasteiger partial charge is 1.00 e. The summed E-state index contributed by atoms with van der Waals surface area (Å²) in [5.41, 5.74) is 3.06. The van der Waals surface area contributed by atoms with E-state index in [-0.39, 0.29) is 40.0 Å². The van der Waals surface area contributed by atoms with E-state index in [4.69, 9.17) is 0 Å². The van der Waals surface area contributed by atoms with E-state index in [2.05, 4.69) is 38.0 Å². The molecule has 0 aromatic heterocycles. The quantitative estimate of drug-likeness (QED) is 0.257. The van der Waals surface area contributed by atoms with E-state index < -0.39 is 8.07 Å². The Morgan fingerprint density at radius 3 is 1.56 bits per heavy atom. The van der Waals surface area contributed by atoms with Crippen molar-refractivity contribution in [3.05, 3.63) is 6.92 Å². The van der Waals surface area contributed by atoms with Gasteiger partial charge in [0.05, 0.1) is 0 Å². The summed E-state index contributed by atoms with van der Waals surface area (Å²) in [7, 11) is -1.08. The molecule has 0 aliphatic carbocycles. The molecular weight excluding hydrogens is 204 g/mol. The first-order chi connectivity index (χ1) is 3.06. The van der Waals surface area contributed by atoms with Crippen molar-refractivity contribution in [1.82, 2.24) is 0 Å². The van der Waals surface area contributed by atoms with Gasteiger partial charge in [0, 0.05) is 8.07 Å². The van der Waals surface area contributed by atoms with E-state index in [1.807, 2.05) is 0 Å². The Kier molecular flexibility index (Phi) is 12.8. The van der Waals surface area contributed by atoms with Crippen molar-refractivity contribution in [2.24, 2.45) is 0 Å². The summed E-state index contributed by atoms with van der Waals surface area (Å²) in [6, 6.07) is 0. The Labute approximate surface area is 85.7 Å². The first kappa shape index (κ1) is 16.5. The van der Waals surface area contributed by atoms with Gasteiger partial charge in [-0.05, 0) is 0 Å². The maximum atomic E-state index is 3.44. The van der Waals surface area contributed by atoms with E-state index >= 15 is 0 Å². The van der Waals surface area contributed by atoms with E-state index in [1.165, 1.54) is 0 Å². The second-order valence-corrected chi connectivity index (χ2v) is 7.30. The molecule has 0 rings (SSSR count). The fourth-order valence-corrected chi connectivity index (χ4v) is 0.795. The van der Waals surface area contributed by atoms with Gasteiger partial charge in [-0.1, -0.05) is 19.6 Å². The summed E-state index contributed by atoms with van der Waals surface area (Å²) >= 11 is 0. The fourth-order valence-electron chi connectivity index (χ4n) is 0.265. The molecule has 0 amide bonds. The molecule has 9 heavy (non-hydrogen) atoms. The molecule has 3 heteroatoms. The summed E-state index contributed by atoms with van der Waals surface area (Å²) in [5.74, 6) is 2.67. The standard InChI is InChI=1S/C6H11Si.BrH.Mg/c1-5-6-7(2,3)4;;/h1H2,2-4H3;1H;/q-1;;+2/p-1. The Bertz CT molecular complexity index is 106. The van der Waals surface area contributed by atoms with Crippen LogP contribution in [0.25, 0.3) is 0 Å². The molecule has 0 aromatic carbocycles. The molecule has 0 aromatic rings. The molecule has 0 spiro atoms. The van der Waals surface area contributed by atoms with Crippen LogP contribution in [-0.2, 0) is 0 Å². The van der Waals surface area contributed by atoms with Crippen molar-refractivity contribution in [2.45, 2.75) is 19.6 Å². The van der Waals surface area contributed by atoms with Crippen molar-refractivity contribution >= 4 is 31.1 Å². The Morgan fingerprint density at radius 2 is 1.56 bits per heavy atom. The van der Waals surface area contributed by atoms with Crippen LogP contribution in [-0.4, -0.2) is 31.1 Å². The third-order valence-corrected chi connectivity index (χ3v) is 1.39. The van der Waals surface area contributed by atoms with Crippen LogP contribution < -0.4 is 17.0 Å². The van der Waals surface area contributed by atoms with Crippen LogP contribution in [0, 0.1) is 18.4 Å². The molecule has 0 unspecified atom stereocenters. The van der Waals surface area contributed by atoms with Crippen LogP contribution in [0.4, 0.5) is 0 Å². The maximum Gasteiger partial charge on any atom is 2.00 e. The van der Waals surface area contributed by atoms with Gasteiger partial charge in [0.2, 0.25) is 0 Å².